The Hall–Kier alpha value is -0.560. The Labute approximate surface area is 169 Å². The van der Waals surface area contributed by atoms with E-state index in [-0.39, 0.29) is 36.6 Å². The third-order valence-electron chi connectivity index (χ3n) is 5.51. The zero-order chi connectivity index (χ0) is 16.9. The molecule has 152 valence electrons. The number of nitrogens with one attached hydrogen (secondary N) is 2. The molecule has 6 nitrogen and oxygen atoms in total. The fourth-order valence-corrected chi connectivity index (χ4v) is 3.83. The zero-order valence-electron chi connectivity index (χ0n) is 15.7. The first-order valence-electron chi connectivity index (χ1n) is 9.63. The van der Waals surface area contributed by atoms with Gasteiger partial charge in [0.2, 0.25) is 11.8 Å². The van der Waals surface area contributed by atoms with Gasteiger partial charge in [-0.3, -0.25) is 14.5 Å². The number of nitrogens with zero attached hydrogens (tertiary/aromatic N) is 2. The molecule has 3 fully saturated rings. The van der Waals surface area contributed by atoms with E-state index in [1.165, 1.54) is 25.7 Å². The highest BCUT2D eigenvalue weighted by atomic mass is 35.5. The summed E-state index contributed by atoms with van der Waals surface area (Å²) in [5.74, 6) is 1.06. The van der Waals surface area contributed by atoms with Crippen LogP contribution >= 0.6 is 24.8 Å². The number of hydrogen-bond acceptors (Lipinski definition) is 4. The second-order valence-electron chi connectivity index (χ2n) is 7.85. The van der Waals surface area contributed by atoms with Crippen molar-refractivity contribution in [3.05, 3.63) is 0 Å². The topological polar surface area (TPSA) is 64.7 Å². The second-order valence-corrected chi connectivity index (χ2v) is 7.85. The molecule has 0 aromatic heterocycles. The fraction of sp³-hybridized carbons (Fsp3) is 0.889. The summed E-state index contributed by atoms with van der Waals surface area (Å²) >= 11 is 0. The predicted octanol–water partition coefficient (Wildman–Crippen LogP) is 1.42. The van der Waals surface area contributed by atoms with E-state index in [2.05, 4.69) is 22.5 Å². The quantitative estimate of drug-likeness (QED) is 0.697. The van der Waals surface area contributed by atoms with Crippen molar-refractivity contribution >= 4 is 36.6 Å². The predicted molar refractivity (Wildman–Crippen MR) is 108 cm³/mol. The minimum atomic E-state index is 0. The van der Waals surface area contributed by atoms with Crippen molar-refractivity contribution in [2.45, 2.75) is 57.5 Å². The lowest BCUT2D eigenvalue weighted by molar-refractivity contribution is -0.132. The largest absolute Gasteiger partial charge is 0.352 e. The molecular weight excluding hydrogens is 375 g/mol. The Kier molecular flexibility index (Phi) is 10.2. The lowest BCUT2D eigenvalue weighted by Gasteiger charge is -2.35. The van der Waals surface area contributed by atoms with Crippen molar-refractivity contribution in [1.29, 1.82) is 0 Å². The molecule has 0 spiro atoms. The van der Waals surface area contributed by atoms with E-state index in [9.17, 15) is 9.59 Å². The van der Waals surface area contributed by atoms with Crippen LogP contribution in [-0.2, 0) is 9.59 Å². The number of hydrogen-bond donors (Lipinski definition) is 2. The zero-order valence-corrected chi connectivity index (χ0v) is 17.4. The molecule has 2 aliphatic carbocycles. The van der Waals surface area contributed by atoms with Crippen LogP contribution in [0.15, 0.2) is 0 Å². The van der Waals surface area contributed by atoms with Gasteiger partial charge in [-0.1, -0.05) is 19.8 Å². The molecule has 2 atom stereocenters. The van der Waals surface area contributed by atoms with E-state index < -0.39 is 0 Å². The van der Waals surface area contributed by atoms with Crippen LogP contribution in [0.5, 0.6) is 0 Å². The first kappa shape index (κ1) is 23.5. The number of halogens is 2. The maximum atomic E-state index is 12.2. The van der Waals surface area contributed by atoms with Crippen molar-refractivity contribution in [3.8, 4) is 0 Å². The molecule has 0 aromatic rings. The summed E-state index contributed by atoms with van der Waals surface area (Å²) in [6.07, 6.45) is 7.15. The van der Waals surface area contributed by atoms with Crippen molar-refractivity contribution in [1.82, 2.24) is 20.4 Å². The van der Waals surface area contributed by atoms with Crippen molar-refractivity contribution < 1.29 is 9.59 Å². The summed E-state index contributed by atoms with van der Waals surface area (Å²) in [4.78, 5) is 28.5. The number of carbonyl (C=O) groups excluding carboxylic acids is 2. The molecule has 0 aromatic carbocycles. The molecule has 3 rings (SSSR count). The van der Waals surface area contributed by atoms with Gasteiger partial charge in [0.25, 0.3) is 0 Å². The molecule has 0 bridgehead atoms. The van der Waals surface area contributed by atoms with E-state index >= 15 is 0 Å². The Morgan fingerprint density at radius 1 is 0.962 bits per heavy atom. The third-order valence-corrected chi connectivity index (χ3v) is 5.51. The molecule has 1 saturated heterocycles. The first-order valence-corrected chi connectivity index (χ1v) is 9.63. The van der Waals surface area contributed by atoms with Gasteiger partial charge in [0.15, 0.2) is 0 Å². The SMILES string of the molecule is CC1CCCC(NC(=O)CN2CCN(C(=O)CNC3CC3)CC2)C1.Cl.Cl. The Balaban J connectivity index is 0.00000169. The average molecular weight is 409 g/mol. The lowest BCUT2D eigenvalue weighted by atomic mass is 9.87. The van der Waals surface area contributed by atoms with E-state index in [4.69, 9.17) is 0 Å². The smallest absolute Gasteiger partial charge is 0.236 e. The van der Waals surface area contributed by atoms with Crippen LogP contribution < -0.4 is 10.6 Å². The van der Waals surface area contributed by atoms with Crippen LogP contribution in [0.25, 0.3) is 0 Å². The number of piperazine rings is 1. The minimum Gasteiger partial charge on any atom is -0.352 e. The third kappa shape index (κ3) is 7.59. The highest BCUT2D eigenvalue weighted by molar-refractivity contribution is 5.85. The monoisotopic (exact) mass is 408 g/mol. The van der Waals surface area contributed by atoms with Crippen molar-refractivity contribution in [3.63, 3.8) is 0 Å². The van der Waals surface area contributed by atoms with Gasteiger partial charge in [-0.15, -0.1) is 24.8 Å². The summed E-state index contributed by atoms with van der Waals surface area (Å²) in [5, 5.41) is 6.48. The molecule has 2 unspecified atom stereocenters. The van der Waals surface area contributed by atoms with E-state index in [0.717, 1.165) is 44.9 Å². The van der Waals surface area contributed by atoms with Crippen LogP contribution in [0.2, 0.25) is 0 Å². The van der Waals surface area contributed by atoms with Crippen molar-refractivity contribution in [2.75, 3.05) is 39.3 Å². The molecule has 1 aliphatic heterocycles. The average Bonchev–Trinajstić information content (AvgIpc) is 3.37. The van der Waals surface area contributed by atoms with Crippen LogP contribution in [0.1, 0.15) is 45.4 Å². The van der Waals surface area contributed by atoms with Gasteiger partial charge in [-0.05, 0) is 31.6 Å². The van der Waals surface area contributed by atoms with Crippen LogP contribution in [0.4, 0.5) is 0 Å². The lowest BCUT2D eigenvalue weighted by Crippen LogP contribution is -2.53. The molecule has 8 heteroatoms. The summed E-state index contributed by atoms with van der Waals surface area (Å²) in [7, 11) is 0. The molecule has 26 heavy (non-hydrogen) atoms. The summed E-state index contributed by atoms with van der Waals surface area (Å²) in [6.45, 7) is 6.26. The van der Waals surface area contributed by atoms with Gasteiger partial charge in [0.1, 0.15) is 0 Å². The second kappa shape index (κ2) is 11.3. The molecule has 1 heterocycles. The summed E-state index contributed by atoms with van der Waals surface area (Å²) in [6, 6.07) is 0.930. The highest BCUT2D eigenvalue weighted by Crippen LogP contribution is 2.23. The first-order chi connectivity index (χ1) is 11.6. The van der Waals surface area contributed by atoms with E-state index in [0.29, 0.717) is 25.2 Å². The molecule has 2 amide bonds. The van der Waals surface area contributed by atoms with Gasteiger partial charge < -0.3 is 15.5 Å². The highest BCUT2D eigenvalue weighted by Gasteiger charge is 2.26. The van der Waals surface area contributed by atoms with Gasteiger partial charge in [0.05, 0.1) is 13.1 Å². The number of carbonyl (C=O) groups is 2. The molecular formula is C18H34Cl2N4O2. The molecule has 2 N–H and O–H groups in total. The van der Waals surface area contributed by atoms with Crippen LogP contribution in [-0.4, -0.2) is 73.0 Å². The summed E-state index contributed by atoms with van der Waals surface area (Å²) in [5.41, 5.74) is 0. The maximum absolute atomic E-state index is 12.2. The Bertz CT molecular complexity index is 454. The standard InChI is InChI=1S/C18H32N4O2.2ClH/c1-14-3-2-4-16(11-14)20-17(23)13-21-7-9-22(10-8-21)18(24)12-19-15-5-6-15;;/h14-16,19H,2-13H2,1H3,(H,20,23);2*1H. The molecule has 3 aliphatic rings. The van der Waals surface area contributed by atoms with Gasteiger partial charge in [-0.2, -0.15) is 0 Å². The molecule has 2 saturated carbocycles. The number of rotatable bonds is 6. The van der Waals surface area contributed by atoms with Gasteiger partial charge in [0, 0.05) is 38.3 Å². The Morgan fingerprint density at radius 3 is 2.27 bits per heavy atom. The van der Waals surface area contributed by atoms with Gasteiger partial charge in [-0.25, -0.2) is 0 Å². The minimum absolute atomic E-state index is 0. The number of amides is 2. The van der Waals surface area contributed by atoms with E-state index in [1.807, 2.05) is 4.90 Å². The normalized spacial score (nSPS) is 26.4. The maximum Gasteiger partial charge on any atom is 0.236 e. The molecule has 0 radical (unpaired) electrons. The van der Waals surface area contributed by atoms with Crippen LogP contribution in [0.3, 0.4) is 0 Å². The fourth-order valence-electron chi connectivity index (χ4n) is 3.83. The summed E-state index contributed by atoms with van der Waals surface area (Å²) < 4.78 is 0. The van der Waals surface area contributed by atoms with E-state index in [1.54, 1.807) is 0 Å². The van der Waals surface area contributed by atoms with Crippen LogP contribution in [0, 0.1) is 5.92 Å². The van der Waals surface area contributed by atoms with Crippen molar-refractivity contribution in [2.24, 2.45) is 5.92 Å². The van der Waals surface area contributed by atoms with Gasteiger partial charge >= 0.3 is 0 Å². The Morgan fingerprint density at radius 2 is 1.65 bits per heavy atom.